The number of carbonyl (C=O) groups excluding carboxylic acids is 2. The number of rotatable bonds is 8. The number of hydrogen-bond donors (Lipinski definition) is 0. The number of halogens is 3. The lowest BCUT2D eigenvalue weighted by Crippen LogP contribution is -2.34. The largest absolute Gasteiger partial charge is 0.476 e. The van der Waals surface area contributed by atoms with E-state index in [2.05, 4.69) is 10.9 Å². The molecule has 0 radical (unpaired) electrons. The van der Waals surface area contributed by atoms with Gasteiger partial charge in [-0.15, -0.1) is 6.42 Å². The molecule has 1 amide bonds. The number of aromatic nitrogens is 1. The van der Waals surface area contributed by atoms with Gasteiger partial charge in [-0.1, -0.05) is 46.8 Å². The Labute approximate surface area is 238 Å². The standard InChI is InChI=1S/C29H29Cl3N2O4/c1-3-18(2)37-26-15-25(23(30)14-24(26)31)34(17-19-12-13-27(32)33-16-19)28(35)21-10-6-7-11-22(21)29(36)38-20-8-4-5-9-20/h1,12-16,18,20H,4-11,17H2,2H3. The van der Waals surface area contributed by atoms with Gasteiger partial charge in [-0.3, -0.25) is 4.79 Å². The minimum atomic E-state index is -0.552. The van der Waals surface area contributed by atoms with E-state index in [1.54, 1.807) is 31.3 Å². The van der Waals surface area contributed by atoms with Crippen LogP contribution in [0.25, 0.3) is 0 Å². The molecule has 2 aromatic rings. The molecule has 0 spiro atoms. The van der Waals surface area contributed by atoms with Crippen LogP contribution in [0.1, 0.15) is 63.9 Å². The molecule has 4 rings (SSSR count). The molecule has 9 heteroatoms. The van der Waals surface area contributed by atoms with E-state index in [1.165, 1.54) is 11.0 Å². The monoisotopic (exact) mass is 574 g/mol. The Kier molecular flexibility index (Phi) is 9.59. The highest BCUT2D eigenvalue weighted by Gasteiger charge is 2.32. The fraction of sp³-hybridized carbons (Fsp3) is 0.414. The number of anilines is 1. The van der Waals surface area contributed by atoms with Crippen molar-refractivity contribution in [3.63, 3.8) is 0 Å². The number of esters is 1. The first-order valence-electron chi connectivity index (χ1n) is 12.7. The highest BCUT2D eigenvalue weighted by atomic mass is 35.5. The maximum atomic E-state index is 14.2. The minimum Gasteiger partial charge on any atom is -0.476 e. The van der Waals surface area contributed by atoms with E-state index in [9.17, 15) is 9.59 Å². The molecular formula is C29H29Cl3N2O4. The van der Waals surface area contributed by atoms with Crippen molar-refractivity contribution in [3.05, 3.63) is 62.4 Å². The number of terminal acetylenes is 1. The second kappa shape index (κ2) is 12.9. The van der Waals surface area contributed by atoms with Gasteiger partial charge in [0.1, 0.15) is 17.0 Å². The Morgan fingerprint density at radius 2 is 1.79 bits per heavy atom. The van der Waals surface area contributed by atoms with E-state index >= 15 is 0 Å². The van der Waals surface area contributed by atoms with Crippen molar-refractivity contribution in [2.24, 2.45) is 0 Å². The zero-order valence-electron chi connectivity index (χ0n) is 21.1. The van der Waals surface area contributed by atoms with Gasteiger partial charge in [0.2, 0.25) is 0 Å². The van der Waals surface area contributed by atoms with Crippen molar-refractivity contribution in [1.82, 2.24) is 4.98 Å². The van der Waals surface area contributed by atoms with Gasteiger partial charge >= 0.3 is 5.97 Å². The van der Waals surface area contributed by atoms with Crippen LogP contribution < -0.4 is 9.64 Å². The molecule has 1 fully saturated rings. The molecule has 38 heavy (non-hydrogen) atoms. The van der Waals surface area contributed by atoms with E-state index in [-0.39, 0.29) is 28.6 Å². The van der Waals surface area contributed by atoms with Gasteiger partial charge in [0.15, 0.2) is 6.10 Å². The second-order valence-corrected chi connectivity index (χ2v) is 10.7. The van der Waals surface area contributed by atoms with Crippen LogP contribution in [-0.4, -0.2) is 29.1 Å². The van der Waals surface area contributed by atoms with Crippen LogP contribution in [0.3, 0.4) is 0 Å². The molecule has 1 unspecified atom stereocenters. The molecule has 1 saturated carbocycles. The summed E-state index contributed by atoms with van der Waals surface area (Å²) in [6, 6.07) is 6.54. The quantitative estimate of drug-likeness (QED) is 0.187. The summed E-state index contributed by atoms with van der Waals surface area (Å²) < 4.78 is 11.6. The molecular weight excluding hydrogens is 547 g/mol. The number of pyridine rings is 1. The van der Waals surface area contributed by atoms with Gasteiger partial charge in [-0.05, 0) is 76.0 Å². The molecule has 1 heterocycles. The van der Waals surface area contributed by atoms with Gasteiger partial charge in [0.05, 0.1) is 22.3 Å². The van der Waals surface area contributed by atoms with E-state index in [0.717, 1.165) is 44.1 Å². The third-order valence-electron chi connectivity index (χ3n) is 6.75. The van der Waals surface area contributed by atoms with Crippen molar-refractivity contribution < 1.29 is 19.1 Å². The van der Waals surface area contributed by atoms with Crippen molar-refractivity contribution in [3.8, 4) is 18.1 Å². The number of hydrogen-bond acceptors (Lipinski definition) is 5. The van der Waals surface area contributed by atoms with Gasteiger partial charge in [-0.2, -0.15) is 0 Å². The number of benzene rings is 1. The van der Waals surface area contributed by atoms with Gasteiger partial charge in [0, 0.05) is 23.4 Å². The average molecular weight is 576 g/mol. The van der Waals surface area contributed by atoms with Crippen LogP contribution >= 0.6 is 34.8 Å². The molecule has 200 valence electrons. The van der Waals surface area contributed by atoms with Crippen LogP contribution in [0.5, 0.6) is 5.75 Å². The number of carbonyl (C=O) groups is 2. The normalized spacial score (nSPS) is 16.6. The molecule has 1 atom stereocenters. The van der Waals surface area contributed by atoms with Gasteiger partial charge in [0.25, 0.3) is 5.91 Å². The summed E-state index contributed by atoms with van der Waals surface area (Å²) in [7, 11) is 0. The van der Waals surface area contributed by atoms with Crippen LogP contribution in [0.2, 0.25) is 15.2 Å². The van der Waals surface area contributed by atoms with E-state index in [1.807, 2.05) is 0 Å². The molecule has 0 bridgehead atoms. The first-order chi connectivity index (χ1) is 18.3. The summed E-state index contributed by atoms with van der Waals surface area (Å²) in [5.41, 5.74) is 1.97. The Hall–Kier alpha value is -2.72. The molecule has 6 nitrogen and oxygen atoms in total. The van der Waals surface area contributed by atoms with E-state index in [4.69, 9.17) is 50.7 Å². The van der Waals surface area contributed by atoms with Gasteiger partial charge in [-0.25, -0.2) is 9.78 Å². The zero-order valence-corrected chi connectivity index (χ0v) is 23.4. The fourth-order valence-corrected chi connectivity index (χ4v) is 5.39. The molecule has 2 aliphatic carbocycles. The lowest BCUT2D eigenvalue weighted by molar-refractivity contribution is -0.144. The third-order valence-corrected chi connectivity index (χ3v) is 7.58. The van der Waals surface area contributed by atoms with Crippen LogP contribution in [-0.2, 0) is 20.9 Å². The predicted octanol–water partition coefficient (Wildman–Crippen LogP) is 7.33. The Balaban J connectivity index is 1.75. The van der Waals surface area contributed by atoms with Crippen LogP contribution in [0, 0.1) is 12.3 Å². The molecule has 0 saturated heterocycles. The number of ether oxygens (including phenoxy) is 2. The summed E-state index contributed by atoms with van der Waals surface area (Å²) in [6.45, 7) is 1.84. The summed E-state index contributed by atoms with van der Waals surface area (Å²) in [5.74, 6) is 2.06. The third kappa shape index (κ3) is 6.83. The molecule has 1 aromatic carbocycles. The zero-order chi connectivity index (χ0) is 27.2. The molecule has 2 aliphatic rings. The lowest BCUT2D eigenvalue weighted by Gasteiger charge is -2.29. The van der Waals surface area contributed by atoms with Crippen molar-refractivity contribution in [2.45, 2.75) is 77.0 Å². The summed E-state index contributed by atoms with van der Waals surface area (Å²) >= 11 is 19.0. The first kappa shape index (κ1) is 28.3. The molecule has 1 aromatic heterocycles. The number of nitrogens with zero attached hydrogens (tertiary/aromatic N) is 2. The van der Waals surface area contributed by atoms with Crippen LogP contribution in [0.4, 0.5) is 5.69 Å². The summed E-state index contributed by atoms with van der Waals surface area (Å²) in [4.78, 5) is 33.0. The highest BCUT2D eigenvalue weighted by Crippen LogP contribution is 2.39. The van der Waals surface area contributed by atoms with Gasteiger partial charge < -0.3 is 14.4 Å². The van der Waals surface area contributed by atoms with Crippen molar-refractivity contribution in [1.29, 1.82) is 0 Å². The van der Waals surface area contributed by atoms with E-state index in [0.29, 0.717) is 40.6 Å². The molecule has 0 N–H and O–H groups in total. The predicted molar refractivity (Wildman–Crippen MR) is 150 cm³/mol. The van der Waals surface area contributed by atoms with E-state index < -0.39 is 12.1 Å². The van der Waals surface area contributed by atoms with Crippen molar-refractivity contribution in [2.75, 3.05) is 4.90 Å². The Bertz CT molecular complexity index is 1260. The first-order valence-corrected chi connectivity index (χ1v) is 13.9. The fourth-order valence-electron chi connectivity index (χ4n) is 4.75. The Morgan fingerprint density at radius 1 is 1.08 bits per heavy atom. The maximum Gasteiger partial charge on any atom is 0.334 e. The smallest absolute Gasteiger partial charge is 0.334 e. The minimum absolute atomic E-state index is 0.0897. The van der Waals surface area contributed by atoms with Crippen molar-refractivity contribution >= 4 is 52.4 Å². The number of amides is 1. The summed E-state index contributed by atoms with van der Waals surface area (Å²) in [6.07, 6.45) is 12.8. The Morgan fingerprint density at radius 3 is 2.45 bits per heavy atom. The lowest BCUT2D eigenvalue weighted by atomic mass is 9.90. The SMILES string of the molecule is C#CC(C)Oc1cc(N(Cc2ccc(Cl)nc2)C(=O)C2=C(C(=O)OC3CCCC3)CCCC2)c(Cl)cc1Cl. The molecule has 0 aliphatic heterocycles. The topological polar surface area (TPSA) is 68.7 Å². The highest BCUT2D eigenvalue weighted by molar-refractivity contribution is 6.37. The van der Waals surface area contributed by atoms with Crippen LogP contribution in [0.15, 0.2) is 41.6 Å². The average Bonchev–Trinajstić information content (AvgIpc) is 3.42. The second-order valence-electron chi connectivity index (χ2n) is 9.52. The maximum absolute atomic E-state index is 14.2. The summed E-state index contributed by atoms with van der Waals surface area (Å²) in [5, 5.41) is 0.846.